The molecule has 0 fully saturated rings. The van der Waals surface area contributed by atoms with Crippen molar-refractivity contribution in [1.82, 2.24) is 0 Å². The standard InChI is InChI=1S/C58H121F3Si3/c1-8-14-20-26-32-38-49-63(50-39-33-27-21-15-9-2,51-40-34-28-22-16-10-3)55-44-47-62(7,57-46-58(59,60)61)48-45-56-64(52-41-35-29-23-17-11-4,53-42-36-30-24-18-12-5)54-43-37-31-25-19-13-6/h8-57H2,1-7H3. The Kier molecular flexibility index (Phi) is 44.9. The molecule has 0 saturated heterocycles. The van der Waals surface area contributed by atoms with E-state index in [1.807, 2.05) is 0 Å². The van der Waals surface area contributed by atoms with Crippen molar-refractivity contribution >= 4 is 24.2 Å². The van der Waals surface area contributed by atoms with Gasteiger partial charge in [-0.1, -0.05) is 353 Å². The third-order valence-electron chi connectivity index (χ3n) is 16.4. The summed E-state index contributed by atoms with van der Waals surface area (Å²) in [6.07, 6.45) is 47.8. The highest BCUT2D eigenvalue weighted by Gasteiger charge is 2.38. The van der Waals surface area contributed by atoms with Crippen LogP contribution in [0.3, 0.4) is 0 Å². The summed E-state index contributed by atoms with van der Waals surface area (Å²) in [7, 11) is -5.05. The van der Waals surface area contributed by atoms with E-state index in [9.17, 15) is 13.2 Å². The molecule has 64 heavy (non-hydrogen) atoms. The molecule has 0 aliphatic rings. The summed E-state index contributed by atoms with van der Waals surface area (Å²) in [6.45, 7) is 16.4. The molecule has 0 aromatic carbocycles. The predicted molar refractivity (Wildman–Crippen MR) is 296 cm³/mol. The molecule has 0 heterocycles. The molecule has 0 amide bonds. The summed E-state index contributed by atoms with van der Waals surface area (Å²) in [4.78, 5) is 0. The van der Waals surface area contributed by atoms with Gasteiger partial charge < -0.3 is 0 Å². The maximum Gasteiger partial charge on any atom is 0.388 e. The minimum absolute atomic E-state index is 0.484. The molecule has 0 aliphatic carbocycles. The van der Waals surface area contributed by atoms with E-state index in [0.29, 0.717) is 6.04 Å². The van der Waals surface area contributed by atoms with Crippen LogP contribution in [0, 0.1) is 0 Å². The van der Waals surface area contributed by atoms with Gasteiger partial charge in [0, 0.05) is 6.42 Å². The largest absolute Gasteiger partial charge is 0.388 e. The van der Waals surface area contributed by atoms with Gasteiger partial charge in [0.15, 0.2) is 0 Å². The van der Waals surface area contributed by atoms with Crippen LogP contribution in [0.25, 0.3) is 0 Å². The molecule has 0 rings (SSSR count). The molecule has 0 saturated carbocycles. The monoisotopic (exact) mass is 959 g/mol. The van der Waals surface area contributed by atoms with Gasteiger partial charge >= 0.3 is 6.18 Å². The average Bonchev–Trinajstić information content (AvgIpc) is 3.27. The molecule has 6 heteroatoms. The van der Waals surface area contributed by atoms with Crippen molar-refractivity contribution < 1.29 is 13.2 Å². The molecular weight excluding hydrogens is 838 g/mol. The summed E-state index contributed by atoms with van der Waals surface area (Å²) < 4.78 is 42.4. The molecule has 0 aliphatic heterocycles. The topological polar surface area (TPSA) is 0 Å². The fourth-order valence-electron chi connectivity index (χ4n) is 11.8. The Labute approximate surface area is 406 Å². The molecule has 0 atom stereocenters. The highest BCUT2D eigenvalue weighted by atomic mass is 28.3. The Hall–Kier alpha value is 0.441. The summed E-state index contributed by atoms with van der Waals surface area (Å²) >= 11 is 0. The van der Waals surface area contributed by atoms with Crippen LogP contribution in [0.1, 0.15) is 292 Å². The Morgan fingerprint density at radius 2 is 0.422 bits per heavy atom. The number of rotatable bonds is 52. The normalized spacial score (nSPS) is 12.8. The van der Waals surface area contributed by atoms with E-state index in [0.717, 1.165) is 0 Å². The average molecular weight is 960 g/mol. The van der Waals surface area contributed by atoms with Crippen molar-refractivity contribution in [2.45, 2.75) is 371 Å². The minimum Gasteiger partial charge on any atom is -0.171 e. The van der Waals surface area contributed by atoms with E-state index in [-0.39, 0.29) is 0 Å². The van der Waals surface area contributed by atoms with Crippen LogP contribution in [-0.4, -0.2) is 30.4 Å². The third kappa shape index (κ3) is 39.3. The van der Waals surface area contributed by atoms with E-state index in [4.69, 9.17) is 0 Å². The first-order valence-corrected chi connectivity index (χ1v) is 38.8. The van der Waals surface area contributed by atoms with Gasteiger partial charge in [-0.05, 0) is 6.04 Å². The van der Waals surface area contributed by atoms with Crippen molar-refractivity contribution in [3.63, 3.8) is 0 Å². The number of hydrogen-bond acceptors (Lipinski definition) is 0. The second-order valence-corrected chi connectivity index (χ2v) is 37.9. The summed E-state index contributed by atoms with van der Waals surface area (Å²) in [5.41, 5.74) is 0. The molecule has 0 aromatic heterocycles. The molecule has 0 spiro atoms. The highest BCUT2D eigenvalue weighted by Crippen LogP contribution is 2.41. The summed E-state index contributed by atoms with van der Waals surface area (Å²) in [5.74, 6) is 0. The quantitative estimate of drug-likeness (QED) is 0.0421. The van der Waals surface area contributed by atoms with Crippen molar-refractivity contribution in [3.05, 3.63) is 0 Å². The van der Waals surface area contributed by atoms with Crippen LogP contribution >= 0.6 is 0 Å². The number of alkyl halides is 3. The van der Waals surface area contributed by atoms with Crippen LogP contribution in [-0.2, 0) is 0 Å². The van der Waals surface area contributed by atoms with Crippen molar-refractivity contribution in [2.24, 2.45) is 0 Å². The number of hydrogen-bond donors (Lipinski definition) is 0. The zero-order valence-corrected chi connectivity index (χ0v) is 48.5. The van der Waals surface area contributed by atoms with Crippen LogP contribution in [0.5, 0.6) is 0 Å². The summed E-state index contributed by atoms with van der Waals surface area (Å²) in [6, 6.07) is 14.7. The maximum atomic E-state index is 14.1. The molecule has 0 N–H and O–H groups in total. The Morgan fingerprint density at radius 1 is 0.234 bits per heavy atom. The van der Waals surface area contributed by atoms with Crippen LogP contribution in [0.2, 0.25) is 73.0 Å². The Bertz CT molecular complexity index is 795. The molecule has 0 nitrogen and oxygen atoms in total. The first kappa shape index (κ1) is 64.4. The van der Waals surface area contributed by atoms with Gasteiger partial charge in [0.25, 0.3) is 0 Å². The minimum atomic E-state index is -4.02. The summed E-state index contributed by atoms with van der Waals surface area (Å²) in [5, 5.41) is 0. The Morgan fingerprint density at radius 3 is 0.625 bits per heavy atom. The van der Waals surface area contributed by atoms with Gasteiger partial charge in [0.05, 0.1) is 24.2 Å². The van der Waals surface area contributed by atoms with Gasteiger partial charge in [-0.2, -0.15) is 13.2 Å². The van der Waals surface area contributed by atoms with Gasteiger partial charge in [-0.25, -0.2) is 0 Å². The Balaban J connectivity index is 6.34. The lowest BCUT2D eigenvalue weighted by molar-refractivity contribution is -0.130. The lowest BCUT2D eigenvalue weighted by Gasteiger charge is -2.36. The zero-order chi connectivity index (χ0) is 47.4. The van der Waals surface area contributed by atoms with Crippen LogP contribution in [0.15, 0.2) is 0 Å². The SMILES string of the molecule is CCCCCCCC[Si](CCCCCCCC)(CCCCCCCC)CCC[Si](C)(CCC[Si](CCCCCCCC)(CCCCCCCC)CCCCCCCC)CCC(F)(F)F. The smallest absolute Gasteiger partial charge is 0.171 e. The number of halogens is 3. The molecule has 0 unspecified atom stereocenters. The lowest BCUT2D eigenvalue weighted by Crippen LogP contribution is -2.37. The van der Waals surface area contributed by atoms with Gasteiger partial charge in [-0.15, -0.1) is 0 Å². The van der Waals surface area contributed by atoms with Crippen LogP contribution in [0.4, 0.5) is 13.2 Å². The number of unbranched alkanes of at least 4 members (excludes halogenated alkanes) is 30. The molecule has 0 radical (unpaired) electrons. The van der Waals surface area contributed by atoms with Gasteiger partial charge in [0.1, 0.15) is 0 Å². The van der Waals surface area contributed by atoms with Crippen molar-refractivity contribution in [2.75, 3.05) is 0 Å². The lowest BCUT2D eigenvalue weighted by atomic mass is 10.1. The molecule has 386 valence electrons. The molecule has 0 aromatic rings. The van der Waals surface area contributed by atoms with Gasteiger partial charge in [0.2, 0.25) is 0 Å². The first-order chi connectivity index (χ1) is 31.0. The van der Waals surface area contributed by atoms with E-state index in [2.05, 4.69) is 48.1 Å². The molecule has 0 bridgehead atoms. The predicted octanol–water partition coefficient (Wildman–Crippen LogP) is 23.9. The van der Waals surface area contributed by atoms with E-state index >= 15 is 0 Å². The van der Waals surface area contributed by atoms with Crippen molar-refractivity contribution in [1.29, 1.82) is 0 Å². The fourth-order valence-corrected chi connectivity index (χ4v) is 27.0. The highest BCUT2D eigenvalue weighted by molar-refractivity contribution is 6.81. The zero-order valence-electron chi connectivity index (χ0n) is 45.5. The maximum absolute atomic E-state index is 14.1. The van der Waals surface area contributed by atoms with E-state index in [1.165, 1.54) is 304 Å². The van der Waals surface area contributed by atoms with Crippen molar-refractivity contribution in [3.8, 4) is 0 Å². The van der Waals surface area contributed by atoms with E-state index in [1.54, 1.807) is 0 Å². The van der Waals surface area contributed by atoms with E-state index < -0.39 is 36.8 Å². The molecular formula is C58H121F3Si3. The third-order valence-corrected chi connectivity index (χ3v) is 32.2. The fraction of sp³-hybridized carbons (Fsp3) is 1.00. The second-order valence-electron chi connectivity index (χ2n) is 22.7. The second kappa shape index (κ2) is 44.6. The van der Waals surface area contributed by atoms with Gasteiger partial charge in [-0.3, -0.25) is 0 Å². The first-order valence-electron chi connectivity index (χ1n) is 30.1. The van der Waals surface area contributed by atoms with Crippen LogP contribution < -0.4 is 0 Å².